The first-order valence-electron chi connectivity index (χ1n) is 10.6. The number of piperidine rings is 1. The fraction of sp³-hybridized carbons (Fsp3) is 0.500. The van der Waals surface area contributed by atoms with Gasteiger partial charge in [0.25, 0.3) is 0 Å². The molecule has 1 aliphatic rings. The Labute approximate surface area is 180 Å². The van der Waals surface area contributed by atoms with Gasteiger partial charge in [-0.2, -0.15) is 0 Å². The molecule has 7 nitrogen and oxygen atoms in total. The normalized spacial score (nSPS) is 20.4. The second kappa shape index (κ2) is 10.1. The van der Waals surface area contributed by atoms with Gasteiger partial charge in [0.1, 0.15) is 0 Å². The van der Waals surface area contributed by atoms with Gasteiger partial charge in [0.05, 0.1) is 11.4 Å². The molecular formula is C22H33N5O2S. The molecule has 0 amide bonds. The molecule has 164 valence electrons. The van der Waals surface area contributed by atoms with Crippen LogP contribution in [0.3, 0.4) is 0 Å². The van der Waals surface area contributed by atoms with E-state index in [4.69, 9.17) is 0 Å². The molecule has 0 saturated carbocycles. The standard InChI is InChI=1S/C22H33N5O2S/c1-4-23-22(24-12-13-25-30(28,29)20-10-14-26(3)17-20)27-15-11-21(18(2)16-27)19-8-6-5-7-9-19/h5-10,14,17-18,21,25H,4,11-13,15-16H2,1-3H3,(H,23,24). The van der Waals surface area contributed by atoms with E-state index in [1.165, 1.54) is 5.56 Å². The molecule has 30 heavy (non-hydrogen) atoms. The first-order valence-corrected chi connectivity index (χ1v) is 12.1. The first kappa shape index (κ1) is 22.4. The number of hydrogen-bond acceptors (Lipinski definition) is 3. The maximum absolute atomic E-state index is 12.3. The molecule has 2 heterocycles. The van der Waals surface area contributed by atoms with Crippen LogP contribution in [-0.4, -0.2) is 56.6 Å². The van der Waals surface area contributed by atoms with Crippen molar-refractivity contribution in [2.75, 3.05) is 32.7 Å². The van der Waals surface area contributed by atoms with Crippen LogP contribution in [0.4, 0.5) is 0 Å². The second-order valence-corrected chi connectivity index (χ2v) is 9.64. The number of aromatic nitrogens is 1. The van der Waals surface area contributed by atoms with Crippen LogP contribution in [0.5, 0.6) is 0 Å². The summed E-state index contributed by atoms with van der Waals surface area (Å²) in [5.41, 5.74) is 1.40. The Kier molecular flexibility index (Phi) is 7.55. The monoisotopic (exact) mass is 431 g/mol. The lowest BCUT2D eigenvalue weighted by molar-refractivity contribution is 0.234. The van der Waals surface area contributed by atoms with Gasteiger partial charge < -0.3 is 14.8 Å². The number of sulfonamides is 1. The summed E-state index contributed by atoms with van der Waals surface area (Å²) >= 11 is 0. The van der Waals surface area contributed by atoms with Gasteiger partial charge in [-0.15, -0.1) is 0 Å². The maximum atomic E-state index is 12.3. The summed E-state index contributed by atoms with van der Waals surface area (Å²) in [5, 5.41) is 3.36. The molecule has 0 aliphatic carbocycles. The van der Waals surface area contributed by atoms with Crippen LogP contribution in [0.15, 0.2) is 58.7 Å². The molecule has 0 bridgehead atoms. The van der Waals surface area contributed by atoms with E-state index in [2.05, 4.69) is 57.2 Å². The van der Waals surface area contributed by atoms with Crippen molar-refractivity contribution in [2.45, 2.75) is 31.1 Å². The molecule has 0 spiro atoms. The number of rotatable bonds is 7. The van der Waals surface area contributed by atoms with Crippen LogP contribution in [0.2, 0.25) is 0 Å². The summed E-state index contributed by atoms with van der Waals surface area (Å²) in [6.07, 6.45) is 4.39. The zero-order valence-corrected chi connectivity index (χ0v) is 18.9. The molecule has 1 fully saturated rings. The number of guanidine groups is 1. The third-order valence-electron chi connectivity index (χ3n) is 5.55. The van der Waals surface area contributed by atoms with Crippen molar-refractivity contribution in [3.63, 3.8) is 0 Å². The quantitative estimate of drug-likeness (QED) is 0.401. The summed E-state index contributed by atoms with van der Waals surface area (Å²) < 4.78 is 29.0. The molecule has 1 aromatic heterocycles. The highest BCUT2D eigenvalue weighted by molar-refractivity contribution is 7.89. The largest absolute Gasteiger partial charge is 0.357 e. The Bertz CT molecular complexity index is 939. The lowest BCUT2D eigenvalue weighted by Gasteiger charge is -2.39. The van der Waals surface area contributed by atoms with Crippen molar-refractivity contribution in [3.8, 4) is 0 Å². The minimum absolute atomic E-state index is 0.266. The SMILES string of the molecule is CCNC(=NCCNS(=O)(=O)c1ccn(C)c1)N1CCC(c2ccccc2)C(C)C1. The summed E-state index contributed by atoms with van der Waals surface area (Å²) in [6, 6.07) is 12.3. The highest BCUT2D eigenvalue weighted by atomic mass is 32.2. The van der Waals surface area contributed by atoms with E-state index in [0.29, 0.717) is 18.4 Å². The predicted molar refractivity (Wildman–Crippen MR) is 121 cm³/mol. The Balaban J connectivity index is 1.57. The number of likely N-dealkylation sites (tertiary alicyclic amines) is 1. The highest BCUT2D eigenvalue weighted by Crippen LogP contribution is 2.32. The fourth-order valence-corrected chi connectivity index (χ4v) is 5.09. The summed E-state index contributed by atoms with van der Waals surface area (Å²) in [6.45, 7) is 7.65. The van der Waals surface area contributed by atoms with Crippen molar-refractivity contribution in [2.24, 2.45) is 18.0 Å². The molecule has 2 N–H and O–H groups in total. The van der Waals surface area contributed by atoms with E-state index in [1.54, 1.807) is 30.1 Å². The second-order valence-electron chi connectivity index (χ2n) is 7.88. The highest BCUT2D eigenvalue weighted by Gasteiger charge is 2.28. The number of hydrogen-bond donors (Lipinski definition) is 2. The Morgan fingerprint density at radius 3 is 2.63 bits per heavy atom. The fourth-order valence-electron chi connectivity index (χ4n) is 4.02. The number of aliphatic imine (C=N–C) groups is 1. The molecule has 8 heteroatoms. The van der Waals surface area contributed by atoms with Crippen LogP contribution in [0.1, 0.15) is 31.7 Å². The number of nitrogens with one attached hydrogen (secondary N) is 2. The van der Waals surface area contributed by atoms with Crippen LogP contribution in [-0.2, 0) is 17.1 Å². The Morgan fingerprint density at radius 1 is 1.23 bits per heavy atom. The Morgan fingerprint density at radius 2 is 2.00 bits per heavy atom. The van der Waals surface area contributed by atoms with Gasteiger partial charge in [0, 0.05) is 45.6 Å². The van der Waals surface area contributed by atoms with Gasteiger partial charge in [-0.05, 0) is 36.8 Å². The van der Waals surface area contributed by atoms with Crippen LogP contribution >= 0.6 is 0 Å². The van der Waals surface area contributed by atoms with Gasteiger partial charge in [-0.3, -0.25) is 4.99 Å². The summed E-state index contributed by atoms with van der Waals surface area (Å²) in [5.74, 6) is 1.93. The molecule has 2 atom stereocenters. The van der Waals surface area contributed by atoms with Crippen LogP contribution < -0.4 is 10.0 Å². The smallest absolute Gasteiger partial charge is 0.242 e. The number of aryl methyl sites for hydroxylation is 1. The van der Waals surface area contributed by atoms with Gasteiger partial charge >= 0.3 is 0 Å². The lowest BCUT2D eigenvalue weighted by Crippen LogP contribution is -2.48. The van der Waals surface area contributed by atoms with Crippen molar-refractivity contribution in [1.29, 1.82) is 0 Å². The van der Waals surface area contributed by atoms with Crippen LogP contribution in [0, 0.1) is 5.92 Å². The van der Waals surface area contributed by atoms with E-state index in [9.17, 15) is 8.42 Å². The van der Waals surface area contributed by atoms with E-state index in [0.717, 1.165) is 32.0 Å². The van der Waals surface area contributed by atoms with E-state index in [-0.39, 0.29) is 11.4 Å². The number of nitrogens with zero attached hydrogens (tertiary/aromatic N) is 3. The van der Waals surface area contributed by atoms with Crippen molar-refractivity contribution in [1.82, 2.24) is 19.5 Å². The molecule has 2 aromatic rings. The predicted octanol–water partition coefficient (Wildman–Crippen LogP) is 2.39. The first-order chi connectivity index (χ1) is 14.4. The van der Waals surface area contributed by atoms with Crippen molar-refractivity contribution in [3.05, 3.63) is 54.4 Å². The average Bonchev–Trinajstić information content (AvgIpc) is 3.18. The molecule has 2 unspecified atom stereocenters. The molecule has 1 saturated heterocycles. The zero-order valence-electron chi connectivity index (χ0n) is 18.1. The van der Waals surface area contributed by atoms with Gasteiger partial charge in [-0.25, -0.2) is 13.1 Å². The zero-order chi connectivity index (χ0) is 21.6. The molecular weight excluding hydrogens is 398 g/mol. The van der Waals surface area contributed by atoms with E-state index >= 15 is 0 Å². The van der Waals surface area contributed by atoms with Gasteiger partial charge in [-0.1, -0.05) is 37.3 Å². The Hall–Kier alpha value is -2.32. The topological polar surface area (TPSA) is 78.7 Å². The van der Waals surface area contributed by atoms with Crippen molar-refractivity contribution >= 4 is 16.0 Å². The molecule has 1 aromatic carbocycles. The third kappa shape index (κ3) is 5.64. The summed E-state index contributed by atoms with van der Waals surface area (Å²) in [7, 11) is -1.70. The lowest BCUT2D eigenvalue weighted by atomic mass is 9.82. The molecule has 0 radical (unpaired) electrons. The van der Waals surface area contributed by atoms with Gasteiger partial charge in [0.15, 0.2) is 5.96 Å². The van der Waals surface area contributed by atoms with Crippen molar-refractivity contribution < 1.29 is 8.42 Å². The summed E-state index contributed by atoms with van der Waals surface area (Å²) in [4.78, 5) is 7.24. The number of benzene rings is 1. The molecule has 3 rings (SSSR count). The van der Waals surface area contributed by atoms with E-state index < -0.39 is 10.0 Å². The minimum Gasteiger partial charge on any atom is -0.357 e. The van der Waals surface area contributed by atoms with Crippen LogP contribution in [0.25, 0.3) is 0 Å². The minimum atomic E-state index is -3.50. The average molecular weight is 432 g/mol. The third-order valence-corrected chi connectivity index (χ3v) is 6.99. The maximum Gasteiger partial charge on any atom is 0.242 e. The van der Waals surface area contributed by atoms with E-state index in [1.807, 2.05) is 6.92 Å². The molecule has 1 aliphatic heterocycles. The van der Waals surface area contributed by atoms with Gasteiger partial charge in [0.2, 0.25) is 10.0 Å².